The standard InChI is InChI=1S/C63H98O6/c1-4-7-10-13-16-19-22-25-27-28-29-30-31-32-33-34-36-38-41-44-47-50-53-56-62(65)68-59-60(58-67-61(64)55-52-49-46-43-40-37-24-21-18-15-12-9-6-3)69-63(66)57-54-51-48-45-42-39-35-26-23-20-17-14-11-8-5-2/h7,9-10,12,16-21,25-27,29-30,32-33,35-38,40,46,49,60H,4-6,8,11,13-15,22-24,28,31,34,39,41-45,47-48,50-59H2,1-3H3/b10-7-,12-9-,19-16-,20-17-,21-18-,27-25-,30-29-,33-32-,35-26-,38-36-,40-37-,49-46-. The molecule has 69 heavy (non-hydrogen) atoms. The van der Waals surface area contributed by atoms with Crippen LogP contribution < -0.4 is 0 Å². The Morgan fingerprint density at radius 3 is 0.971 bits per heavy atom. The van der Waals surface area contributed by atoms with E-state index in [9.17, 15) is 14.4 Å². The Labute approximate surface area is 423 Å². The van der Waals surface area contributed by atoms with Gasteiger partial charge in [-0.05, 0) is 128 Å². The zero-order valence-corrected chi connectivity index (χ0v) is 44.0. The number of carbonyl (C=O) groups excluding carboxylic acids is 3. The van der Waals surface area contributed by atoms with Crippen LogP contribution in [0.3, 0.4) is 0 Å². The molecule has 0 rings (SSSR count). The molecule has 0 aliphatic carbocycles. The number of hydrogen-bond acceptors (Lipinski definition) is 6. The average Bonchev–Trinajstić information content (AvgIpc) is 3.35. The first kappa shape index (κ1) is 64.3. The molecular formula is C63H98O6. The lowest BCUT2D eigenvalue weighted by atomic mass is 10.1. The first-order valence-electron chi connectivity index (χ1n) is 27.3. The second-order valence-electron chi connectivity index (χ2n) is 17.4. The molecule has 0 aromatic carbocycles. The van der Waals surface area contributed by atoms with E-state index < -0.39 is 6.10 Å². The lowest BCUT2D eigenvalue weighted by Gasteiger charge is -2.18. The maximum Gasteiger partial charge on any atom is 0.306 e. The van der Waals surface area contributed by atoms with Gasteiger partial charge in [-0.1, -0.05) is 212 Å². The number of esters is 3. The molecule has 1 unspecified atom stereocenters. The van der Waals surface area contributed by atoms with Gasteiger partial charge < -0.3 is 14.2 Å². The molecule has 0 aromatic heterocycles. The van der Waals surface area contributed by atoms with Gasteiger partial charge in [0.2, 0.25) is 0 Å². The van der Waals surface area contributed by atoms with Crippen LogP contribution in [-0.4, -0.2) is 37.2 Å². The number of unbranched alkanes of at least 4 members (excludes halogenated alkanes) is 12. The summed E-state index contributed by atoms with van der Waals surface area (Å²) in [7, 11) is 0. The molecule has 6 nitrogen and oxygen atoms in total. The van der Waals surface area contributed by atoms with Gasteiger partial charge >= 0.3 is 17.9 Å². The molecule has 6 heteroatoms. The Bertz CT molecular complexity index is 1560. The Morgan fingerprint density at radius 1 is 0.304 bits per heavy atom. The molecule has 0 aromatic rings. The van der Waals surface area contributed by atoms with Crippen LogP contribution in [0.1, 0.15) is 213 Å². The molecule has 0 saturated carbocycles. The second kappa shape index (κ2) is 55.9. The quantitative estimate of drug-likeness (QED) is 0.0262. The van der Waals surface area contributed by atoms with Crippen molar-refractivity contribution in [1.82, 2.24) is 0 Å². The van der Waals surface area contributed by atoms with Crippen molar-refractivity contribution in [3.8, 4) is 0 Å². The second-order valence-corrected chi connectivity index (χ2v) is 17.4. The van der Waals surface area contributed by atoms with Gasteiger partial charge in [-0.3, -0.25) is 14.4 Å². The molecule has 0 fully saturated rings. The summed E-state index contributed by atoms with van der Waals surface area (Å²) in [4.78, 5) is 38.0. The van der Waals surface area contributed by atoms with E-state index in [4.69, 9.17) is 14.2 Å². The normalized spacial score (nSPS) is 13.3. The number of carbonyl (C=O) groups is 3. The summed E-state index contributed by atoms with van der Waals surface area (Å²) in [5.74, 6) is -1.06. The van der Waals surface area contributed by atoms with E-state index in [1.165, 1.54) is 25.7 Å². The van der Waals surface area contributed by atoms with Crippen molar-refractivity contribution in [1.29, 1.82) is 0 Å². The van der Waals surface area contributed by atoms with Crippen molar-refractivity contribution in [3.05, 3.63) is 146 Å². The van der Waals surface area contributed by atoms with Gasteiger partial charge in [-0.2, -0.15) is 0 Å². The van der Waals surface area contributed by atoms with Crippen molar-refractivity contribution in [3.63, 3.8) is 0 Å². The highest BCUT2D eigenvalue weighted by Crippen LogP contribution is 2.12. The van der Waals surface area contributed by atoms with Crippen LogP contribution in [0.5, 0.6) is 0 Å². The van der Waals surface area contributed by atoms with Crippen LogP contribution in [0, 0.1) is 0 Å². The van der Waals surface area contributed by atoms with Crippen molar-refractivity contribution in [2.24, 2.45) is 0 Å². The predicted molar refractivity (Wildman–Crippen MR) is 297 cm³/mol. The first-order chi connectivity index (χ1) is 34.0. The fourth-order valence-electron chi connectivity index (χ4n) is 6.78. The highest BCUT2D eigenvalue weighted by Gasteiger charge is 2.19. The minimum absolute atomic E-state index is 0.125. The van der Waals surface area contributed by atoms with Gasteiger partial charge in [0.15, 0.2) is 6.10 Å². The fraction of sp³-hybridized carbons (Fsp3) is 0.571. The van der Waals surface area contributed by atoms with Crippen molar-refractivity contribution >= 4 is 17.9 Å². The van der Waals surface area contributed by atoms with Gasteiger partial charge in [-0.15, -0.1) is 0 Å². The summed E-state index contributed by atoms with van der Waals surface area (Å²) in [6.45, 7) is 6.26. The van der Waals surface area contributed by atoms with E-state index in [2.05, 4.69) is 154 Å². The summed E-state index contributed by atoms with van der Waals surface area (Å²) in [6, 6.07) is 0. The van der Waals surface area contributed by atoms with Gasteiger partial charge in [0.1, 0.15) is 13.2 Å². The summed E-state index contributed by atoms with van der Waals surface area (Å²) in [5, 5.41) is 0. The minimum Gasteiger partial charge on any atom is -0.462 e. The van der Waals surface area contributed by atoms with Crippen molar-refractivity contribution < 1.29 is 28.6 Å². The third-order valence-electron chi connectivity index (χ3n) is 10.8. The first-order valence-corrected chi connectivity index (χ1v) is 27.3. The monoisotopic (exact) mass is 951 g/mol. The Balaban J connectivity index is 4.52. The van der Waals surface area contributed by atoms with Crippen LogP contribution in [0.2, 0.25) is 0 Å². The summed E-state index contributed by atoms with van der Waals surface area (Å²) >= 11 is 0. The Kier molecular flexibility index (Phi) is 52.1. The Morgan fingerprint density at radius 2 is 0.594 bits per heavy atom. The Hall–Kier alpha value is -4.71. The molecule has 1 atom stereocenters. The molecule has 0 amide bonds. The third-order valence-corrected chi connectivity index (χ3v) is 10.8. The molecule has 0 saturated heterocycles. The average molecular weight is 951 g/mol. The van der Waals surface area contributed by atoms with Crippen LogP contribution in [0.25, 0.3) is 0 Å². The fourth-order valence-corrected chi connectivity index (χ4v) is 6.78. The zero-order chi connectivity index (χ0) is 50.0. The van der Waals surface area contributed by atoms with Crippen molar-refractivity contribution in [2.75, 3.05) is 13.2 Å². The maximum atomic E-state index is 12.8. The predicted octanol–water partition coefficient (Wildman–Crippen LogP) is 18.4. The topological polar surface area (TPSA) is 78.9 Å². The van der Waals surface area contributed by atoms with E-state index in [-0.39, 0.29) is 44.0 Å². The van der Waals surface area contributed by atoms with Gasteiger partial charge in [0, 0.05) is 19.3 Å². The summed E-state index contributed by atoms with van der Waals surface area (Å²) < 4.78 is 16.7. The molecular weight excluding hydrogens is 853 g/mol. The molecule has 0 bridgehead atoms. The largest absolute Gasteiger partial charge is 0.462 e. The van der Waals surface area contributed by atoms with Gasteiger partial charge in [0.05, 0.1) is 0 Å². The lowest BCUT2D eigenvalue weighted by molar-refractivity contribution is -0.166. The minimum atomic E-state index is -0.831. The third kappa shape index (κ3) is 54.1. The van der Waals surface area contributed by atoms with Gasteiger partial charge in [-0.25, -0.2) is 0 Å². The summed E-state index contributed by atoms with van der Waals surface area (Å²) in [5.41, 5.74) is 0. The van der Waals surface area contributed by atoms with Crippen molar-refractivity contribution in [2.45, 2.75) is 219 Å². The van der Waals surface area contributed by atoms with E-state index >= 15 is 0 Å². The highest BCUT2D eigenvalue weighted by molar-refractivity contribution is 5.71. The molecule has 0 N–H and O–H groups in total. The van der Waals surface area contributed by atoms with Gasteiger partial charge in [0.25, 0.3) is 0 Å². The van der Waals surface area contributed by atoms with E-state index in [0.717, 1.165) is 141 Å². The SMILES string of the molecule is CC/C=C\C/C=C\C/C=C\C/C=C\C/C=C\C/C=C\CCCCCCC(=O)OCC(COC(=O)CC/C=C\C/C=C\C/C=C\C/C=C\CC)OC(=O)CCCCCCC/C=C\C/C=C\CCCCC. The van der Waals surface area contributed by atoms with Crippen LogP contribution in [-0.2, 0) is 28.6 Å². The van der Waals surface area contributed by atoms with Crippen LogP contribution >= 0.6 is 0 Å². The number of hydrogen-bond donors (Lipinski definition) is 0. The molecule has 0 aliphatic heterocycles. The highest BCUT2D eigenvalue weighted by atomic mass is 16.6. The van der Waals surface area contributed by atoms with E-state index in [1.54, 1.807) is 0 Å². The molecule has 0 radical (unpaired) electrons. The lowest BCUT2D eigenvalue weighted by Crippen LogP contribution is -2.30. The molecule has 0 spiro atoms. The van der Waals surface area contributed by atoms with E-state index in [1.807, 2.05) is 12.2 Å². The molecule has 0 aliphatic rings. The maximum absolute atomic E-state index is 12.8. The number of allylic oxidation sites excluding steroid dienone is 24. The number of ether oxygens (including phenoxy) is 3. The zero-order valence-electron chi connectivity index (χ0n) is 44.0. The summed E-state index contributed by atoms with van der Waals surface area (Å²) in [6.07, 6.45) is 79.9. The smallest absolute Gasteiger partial charge is 0.306 e. The molecule has 386 valence electrons. The van der Waals surface area contributed by atoms with Crippen LogP contribution in [0.4, 0.5) is 0 Å². The molecule has 0 heterocycles. The number of rotatable bonds is 47. The van der Waals surface area contributed by atoms with Crippen LogP contribution in [0.15, 0.2) is 146 Å². The van der Waals surface area contributed by atoms with E-state index in [0.29, 0.717) is 12.8 Å².